The molecule has 2 aromatic rings. The van der Waals surface area contributed by atoms with Crippen LogP contribution >= 0.6 is 0 Å². The number of aromatic nitrogens is 2. The monoisotopic (exact) mass is 344 g/mol. The number of nitrogens with zero attached hydrogens (tertiary/aromatic N) is 2. The number of hydrogen-bond acceptors (Lipinski definition) is 4. The van der Waals surface area contributed by atoms with Gasteiger partial charge in [-0.25, -0.2) is 0 Å². The largest absolute Gasteiger partial charge is 0.416 e. The van der Waals surface area contributed by atoms with Crippen LogP contribution in [0.25, 0.3) is 0 Å². The van der Waals surface area contributed by atoms with Gasteiger partial charge < -0.3 is 5.11 Å². The van der Waals surface area contributed by atoms with Gasteiger partial charge in [-0.05, 0) is 22.4 Å². The van der Waals surface area contributed by atoms with Gasteiger partial charge >= 0.3 is 17.8 Å². The smallest absolute Gasteiger partial charge is 0.377 e. The van der Waals surface area contributed by atoms with Crippen LogP contribution in [-0.2, 0) is 11.0 Å². The molecule has 2 N–H and O–H groups in total. The first-order chi connectivity index (χ1) is 11.1. The highest BCUT2D eigenvalue weighted by Gasteiger charge is 2.36. The van der Waals surface area contributed by atoms with Gasteiger partial charge in [0.05, 0.1) is 5.56 Å². The van der Waals surface area contributed by atoms with Gasteiger partial charge in [-0.2, -0.15) is 13.2 Å². The maximum Gasteiger partial charge on any atom is 0.416 e. The molecule has 0 aliphatic carbocycles. The van der Waals surface area contributed by atoms with Gasteiger partial charge in [0.1, 0.15) is 0 Å². The van der Waals surface area contributed by atoms with Gasteiger partial charge in [0.2, 0.25) is 11.2 Å². The summed E-state index contributed by atoms with van der Waals surface area (Å²) in [6, 6.07) is 3.90. The molecular formula is C15H17F3N3O3+. The SMILES string of the molecule is CC(=O)Nc1on[n+](C(C)C)c1C(O)c1ccc(C(F)(F)F)cc1. The second-order valence-electron chi connectivity index (χ2n) is 5.53. The third-order valence-electron chi connectivity index (χ3n) is 3.29. The van der Waals surface area contributed by atoms with Crippen LogP contribution in [0.4, 0.5) is 19.1 Å². The molecule has 2 rings (SSSR count). The normalized spacial score (nSPS) is 13.2. The molecular weight excluding hydrogens is 327 g/mol. The second-order valence-corrected chi connectivity index (χ2v) is 5.53. The van der Waals surface area contributed by atoms with E-state index in [1.807, 2.05) is 0 Å². The first-order valence-electron chi connectivity index (χ1n) is 7.15. The third-order valence-corrected chi connectivity index (χ3v) is 3.29. The summed E-state index contributed by atoms with van der Waals surface area (Å²) in [4.78, 5) is 11.2. The Morgan fingerprint density at radius 3 is 2.33 bits per heavy atom. The molecule has 0 saturated heterocycles. The highest BCUT2D eigenvalue weighted by atomic mass is 19.4. The molecule has 1 atom stereocenters. The summed E-state index contributed by atoms with van der Waals surface area (Å²) in [6.45, 7) is 4.82. The fourth-order valence-electron chi connectivity index (χ4n) is 2.16. The van der Waals surface area contributed by atoms with E-state index in [1.54, 1.807) is 13.8 Å². The summed E-state index contributed by atoms with van der Waals surface area (Å²) < 4.78 is 44.3. The number of nitrogens with one attached hydrogen (secondary N) is 1. The molecule has 0 aliphatic rings. The van der Waals surface area contributed by atoms with Crippen LogP contribution in [0, 0.1) is 0 Å². The minimum absolute atomic E-state index is 0.0522. The van der Waals surface area contributed by atoms with E-state index in [0.717, 1.165) is 12.1 Å². The summed E-state index contributed by atoms with van der Waals surface area (Å²) in [7, 11) is 0. The molecule has 0 spiro atoms. The summed E-state index contributed by atoms with van der Waals surface area (Å²) in [5.41, 5.74) is -0.449. The standard InChI is InChI=1S/C15H16F3N3O3/c1-8(2)21-12(14(24-20-21)19-9(3)22)13(23)10-4-6-11(7-5-10)15(16,17)18/h4-8,13,23H,1-3H3/p+1. The van der Waals surface area contributed by atoms with Gasteiger partial charge in [-0.3, -0.25) is 14.6 Å². The van der Waals surface area contributed by atoms with Crippen molar-refractivity contribution >= 4 is 11.8 Å². The quantitative estimate of drug-likeness (QED) is 0.836. The lowest BCUT2D eigenvalue weighted by Gasteiger charge is -2.11. The van der Waals surface area contributed by atoms with Crippen LogP contribution in [0.5, 0.6) is 0 Å². The molecule has 0 saturated carbocycles. The summed E-state index contributed by atoms with van der Waals surface area (Å²) in [6.07, 6.45) is -5.78. The molecule has 9 heteroatoms. The van der Waals surface area contributed by atoms with E-state index in [0.29, 0.717) is 0 Å². The Kier molecular flexibility index (Phi) is 4.93. The van der Waals surface area contributed by atoms with Gasteiger partial charge in [-0.15, -0.1) is 0 Å². The van der Waals surface area contributed by atoms with Crippen molar-refractivity contribution in [1.82, 2.24) is 5.27 Å². The Morgan fingerprint density at radius 2 is 1.88 bits per heavy atom. The average molecular weight is 344 g/mol. The maximum absolute atomic E-state index is 12.6. The second kappa shape index (κ2) is 6.60. The van der Waals surface area contributed by atoms with Crippen molar-refractivity contribution in [2.24, 2.45) is 0 Å². The fourth-order valence-corrected chi connectivity index (χ4v) is 2.16. The number of rotatable bonds is 4. The molecule has 1 unspecified atom stereocenters. The van der Waals surface area contributed by atoms with Crippen molar-refractivity contribution in [3.63, 3.8) is 0 Å². The molecule has 24 heavy (non-hydrogen) atoms. The topological polar surface area (TPSA) is 79.2 Å². The van der Waals surface area contributed by atoms with Gasteiger partial charge in [0, 0.05) is 20.8 Å². The summed E-state index contributed by atoms with van der Waals surface area (Å²) in [5.74, 6) is -0.480. The molecule has 0 fully saturated rings. The summed E-state index contributed by atoms with van der Waals surface area (Å²) in [5, 5.41) is 16.7. The number of aliphatic hydroxyl groups excluding tert-OH is 1. The lowest BCUT2D eigenvalue weighted by Crippen LogP contribution is -2.43. The first kappa shape index (κ1) is 17.9. The lowest BCUT2D eigenvalue weighted by atomic mass is 10.0. The predicted molar refractivity (Wildman–Crippen MR) is 76.9 cm³/mol. The van der Waals surface area contributed by atoms with E-state index in [1.165, 1.54) is 23.7 Å². The minimum atomic E-state index is -4.46. The zero-order valence-corrected chi connectivity index (χ0v) is 13.3. The molecule has 130 valence electrons. The third kappa shape index (κ3) is 3.73. The van der Waals surface area contributed by atoms with Crippen molar-refractivity contribution in [2.75, 3.05) is 5.32 Å². The van der Waals surface area contributed by atoms with E-state index in [-0.39, 0.29) is 23.2 Å². The number of carbonyl (C=O) groups is 1. The van der Waals surface area contributed by atoms with E-state index < -0.39 is 23.8 Å². The highest BCUT2D eigenvalue weighted by molar-refractivity contribution is 5.87. The van der Waals surface area contributed by atoms with Crippen LogP contribution in [-0.4, -0.2) is 16.3 Å². The highest BCUT2D eigenvalue weighted by Crippen LogP contribution is 2.32. The van der Waals surface area contributed by atoms with Crippen molar-refractivity contribution in [3.05, 3.63) is 41.1 Å². The van der Waals surface area contributed by atoms with Gasteiger partial charge in [0.25, 0.3) is 0 Å². The van der Waals surface area contributed by atoms with Crippen molar-refractivity contribution in [3.8, 4) is 0 Å². The van der Waals surface area contributed by atoms with E-state index in [2.05, 4.69) is 10.6 Å². The van der Waals surface area contributed by atoms with Crippen LogP contribution in [0.2, 0.25) is 0 Å². The lowest BCUT2D eigenvalue weighted by molar-refractivity contribution is -0.787. The fraction of sp³-hybridized carbons (Fsp3) is 0.400. The molecule has 1 aromatic carbocycles. The number of carbonyl (C=O) groups excluding carboxylic acids is 1. The molecule has 1 heterocycles. The van der Waals surface area contributed by atoms with Crippen molar-refractivity contribution in [1.29, 1.82) is 0 Å². The van der Waals surface area contributed by atoms with Gasteiger partial charge in [0.15, 0.2) is 12.1 Å². The number of amides is 1. The number of alkyl halides is 3. The Bertz CT molecular complexity index is 724. The zero-order chi connectivity index (χ0) is 18.1. The Morgan fingerprint density at radius 1 is 1.29 bits per heavy atom. The van der Waals surface area contributed by atoms with E-state index in [9.17, 15) is 23.1 Å². The van der Waals surface area contributed by atoms with Crippen molar-refractivity contribution in [2.45, 2.75) is 39.1 Å². The van der Waals surface area contributed by atoms with Crippen LogP contribution < -0.4 is 10.00 Å². The Labute approximate surface area is 135 Å². The average Bonchev–Trinajstić information content (AvgIpc) is 2.88. The van der Waals surface area contributed by atoms with Crippen LogP contribution in [0.3, 0.4) is 0 Å². The van der Waals surface area contributed by atoms with E-state index >= 15 is 0 Å². The number of hydrogen-bond donors (Lipinski definition) is 2. The molecule has 0 bridgehead atoms. The van der Waals surface area contributed by atoms with Crippen LogP contribution in [0.15, 0.2) is 28.8 Å². The molecule has 1 aromatic heterocycles. The molecule has 6 nitrogen and oxygen atoms in total. The zero-order valence-electron chi connectivity index (χ0n) is 13.3. The number of halogens is 3. The van der Waals surface area contributed by atoms with Crippen molar-refractivity contribution < 1.29 is 32.3 Å². The molecule has 1 amide bonds. The molecule has 0 radical (unpaired) electrons. The summed E-state index contributed by atoms with van der Waals surface area (Å²) >= 11 is 0. The van der Waals surface area contributed by atoms with Gasteiger partial charge in [-0.1, -0.05) is 12.1 Å². The Balaban J connectivity index is 2.42. The number of anilines is 1. The maximum atomic E-state index is 12.6. The minimum Gasteiger partial charge on any atom is -0.377 e. The predicted octanol–water partition coefficient (Wildman–Crippen LogP) is 2.60. The first-order valence-corrected chi connectivity index (χ1v) is 7.15. The number of benzene rings is 1. The van der Waals surface area contributed by atoms with E-state index in [4.69, 9.17) is 4.52 Å². The van der Waals surface area contributed by atoms with Crippen LogP contribution in [0.1, 0.15) is 49.7 Å². The number of aliphatic hydroxyl groups is 1. The Hall–Kier alpha value is -2.42. The molecule has 0 aliphatic heterocycles.